The normalized spacial score (nSPS) is 38.0. The number of carbonyl (C=O) groups excluding carboxylic acids is 2. The van der Waals surface area contributed by atoms with Gasteiger partial charge in [0.15, 0.2) is 0 Å². The highest BCUT2D eigenvalue weighted by atomic mass is 32.2. The molecule has 1 saturated heterocycles. The van der Waals surface area contributed by atoms with Gasteiger partial charge in [-0.25, -0.2) is 4.79 Å². The minimum absolute atomic E-state index is 0.00274. The molecule has 0 N–H and O–H groups in total. The van der Waals surface area contributed by atoms with Gasteiger partial charge in [0.25, 0.3) is 10.1 Å². The quantitative estimate of drug-likeness (QED) is 0.274. The number of rotatable bonds is 7. The van der Waals surface area contributed by atoms with Gasteiger partial charge in [0.1, 0.15) is 17.5 Å². The molecule has 0 amide bonds. The zero-order valence-electron chi connectivity index (χ0n) is 13.3. The molecule has 0 aromatic rings. The minimum Gasteiger partial charge on any atom is -0.469 e. The van der Waals surface area contributed by atoms with Crippen molar-refractivity contribution in [2.45, 2.75) is 36.2 Å². The molecule has 3 fully saturated rings. The van der Waals surface area contributed by atoms with E-state index in [4.69, 9.17) is 13.7 Å². The second-order valence-corrected chi connectivity index (χ2v) is 8.26. The van der Waals surface area contributed by atoms with Crippen LogP contribution in [0.25, 0.3) is 0 Å². The summed E-state index contributed by atoms with van der Waals surface area (Å²) in [4.78, 5) is 22.6. The van der Waals surface area contributed by atoms with E-state index in [9.17, 15) is 18.0 Å². The van der Waals surface area contributed by atoms with Crippen LogP contribution in [0.3, 0.4) is 0 Å². The summed E-state index contributed by atoms with van der Waals surface area (Å²) in [5.74, 6) is -1.36. The molecule has 1 aliphatic heterocycles. The maximum Gasteiger partial charge on any atom is 0.330 e. The van der Waals surface area contributed by atoms with Gasteiger partial charge in [-0.15, -0.1) is 0 Å². The topological polar surface area (TPSA) is 105 Å². The Balaban J connectivity index is 1.66. The number of methoxy groups -OCH3 is 1. The molecule has 134 valence electrons. The molecule has 3 rings (SSSR count). The molecule has 1 heterocycles. The van der Waals surface area contributed by atoms with Crippen molar-refractivity contribution in [1.29, 1.82) is 0 Å². The molecule has 2 saturated carbocycles. The van der Waals surface area contributed by atoms with Gasteiger partial charge in [0.05, 0.1) is 26.2 Å². The summed E-state index contributed by atoms with van der Waals surface area (Å²) in [5, 5.41) is 0. The van der Waals surface area contributed by atoms with Crippen LogP contribution < -0.4 is 0 Å². The Morgan fingerprint density at radius 2 is 2.12 bits per heavy atom. The van der Waals surface area contributed by atoms with E-state index in [1.807, 2.05) is 0 Å². The molecule has 0 aromatic heterocycles. The van der Waals surface area contributed by atoms with Crippen molar-refractivity contribution in [3.8, 4) is 0 Å². The SMILES string of the molecule is C=CC(=O)OCCOC1C2CC3C1OS(=O)(=O)C3(CC(=O)OC)C2. The fraction of sp³-hybridized carbons (Fsp3) is 0.733. The van der Waals surface area contributed by atoms with Gasteiger partial charge in [0, 0.05) is 12.0 Å². The molecular weight excluding hydrogens is 340 g/mol. The monoisotopic (exact) mass is 360 g/mol. The highest BCUT2D eigenvalue weighted by molar-refractivity contribution is 7.88. The summed E-state index contributed by atoms with van der Waals surface area (Å²) in [5.41, 5.74) is 0. The Morgan fingerprint density at radius 1 is 1.38 bits per heavy atom. The van der Waals surface area contributed by atoms with E-state index in [-0.39, 0.29) is 37.6 Å². The van der Waals surface area contributed by atoms with Gasteiger partial charge in [-0.05, 0) is 18.8 Å². The van der Waals surface area contributed by atoms with Crippen molar-refractivity contribution < 1.29 is 36.4 Å². The molecule has 3 aliphatic rings. The van der Waals surface area contributed by atoms with Crippen LogP contribution >= 0.6 is 0 Å². The zero-order valence-corrected chi connectivity index (χ0v) is 14.1. The highest BCUT2D eigenvalue weighted by Gasteiger charge is 2.73. The van der Waals surface area contributed by atoms with E-state index in [0.29, 0.717) is 12.8 Å². The molecule has 0 spiro atoms. The maximum absolute atomic E-state index is 12.5. The Hall–Kier alpha value is -1.45. The van der Waals surface area contributed by atoms with Gasteiger partial charge >= 0.3 is 11.9 Å². The van der Waals surface area contributed by atoms with Crippen molar-refractivity contribution in [1.82, 2.24) is 0 Å². The van der Waals surface area contributed by atoms with Gasteiger partial charge in [-0.2, -0.15) is 8.42 Å². The summed E-state index contributed by atoms with van der Waals surface area (Å²) < 4.78 is 44.3. The third-order valence-electron chi connectivity index (χ3n) is 5.24. The zero-order chi connectivity index (χ0) is 17.5. The number of esters is 2. The number of carbonyl (C=O) groups is 2. The van der Waals surface area contributed by atoms with E-state index >= 15 is 0 Å². The molecule has 0 radical (unpaired) electrons. The second-order valence-electron chi connectivity index (χ2n) is 6.35. The minimum atomic E-state index is -3.86. The predicted molar refractivity (Wildman–Crippen MR) is 80.3 cm³/mol. The van der Waals surface area contributed by atoms with E-state index < -0.39 is 32.9 Å². The number of ether oxygens (including phenoxy) is 3. The lowest BCUT2D eigenvalue weighted by molar-refractivity contribution is -0.142. The summed E-state index contributed by atoms with van der Waals surface area (Å²) in [6.07, 6.45) is 0.869. The Morgan fingerprint density at radius 3 is 2.79 bits per heavy atom. The van der Waals surface area contributed by atoms with Crippen molar-refractivity contribution in [3.05, 3.63) is 12.7 Å². The molecular formula is C15H20O8S. The van der Waals surface area contributed by atoms with Crippen molar-refractivity contribution in [2.75, 3.05) is 20.3 Å². The van der Waals surface area contributed by atoms with Crippen molar-refractivity contribution in [3.63, 3.8) is 0 Å². The fourth-order valence-electron chi connectivity index (χ4n) is 4.28. The average molecular weight is 360 g/mol. The Bertz CT molecular complexity index is 656. The van der Waals surface area contributed by atoms with Crippen LogP contribution in [0, 0.1) is 11.8 Å². The smallest absolute Gasteiger partial charge is 0.330 e. The van der Waals surface area contributed by atoms with E-state index in [2.05, 4.69) is 11.3 Å². The summed E-state index contributed by atoms with van der Waals surface area (Å²) in [7, 11) is -2.62. The first-order chi connectivity index (χ1) is 11.3. The highest BCUT2D eigenvalue weighted by Crippen LogP contribution is 2.63. The van der Waals surface area contributed by atoms with Gasteiger partial charge in [-0.1, -0.05) is 6.58 Å². The van der Waals surface area contributed by atoms with Crippen LogP contribution in [-0.2, 0) is 38.1 Å². The van der Waals surface area contributed by atoms with Crippen LogP contribution in [0.4, 0.5) is 0 Å². The van der Waals surface area contributed by atoms with Crippen molar-refractivity contribution >= 4 is 22.1 Å². The van der Waals surface area contributed by atoms with Gasteiger partial charge in [0.2, 0.25) is 0 Å². The first-order valence-corrected chi connectivity index (χ1v) is 9.16. The third-order valence-corrected chi connectivity index (χ3v) is 7.32. The van der Waals surface area contributed by atoms with Gasteiger partial charge in [-0.3, -0.25) is 8.98 Å². The number of hydrogen-bond acceptors (Lipinski definition) is 8. The standard InChI is InChI=1S/C15H20O8S/c1-3-11(16)21-4-5-22-13-9-6-10-14(13)23-24(18,19)15(10,7-9)8-12(17)20-2/h3,9-10,13-14H,1,4-8H2,2H3. The van der Waals surface area contributed by atoms with Gasteiger partial charge < -0.3 is 14.2 Å². The van der Waals surface area contributed by atoms with Crippen LogP contribution in [-0.4, -0.2) is 57.6 Å². The molecule has 2 aliphatic carbocycles. The van der Waals surface area contributed by atoms with E-state index in [1.54, 1.807) is 0 Å². The maximum atomic E-state index is 12.5. The average Bonchev–Trinajstić information content (AvgIpc) is 3.11. The Labute approximate surface area is 140 Å². The summed E-state index contributed by atoms with van der Waals surface area (Å²) >= 11 is 0. The van der Waals surface area contributed by atoms with Crippen LogP contribution in [0.15, 0.2) is 12.7 Å². The molecule has 5 unspecified atom stereocenters. The van der Waals surface area contributed by atoms with Crippen LogP contribution in [0.5, 0.6) is 0 Å². The first-order valence-electron chi connectivity index (χ1n) is 7.75. The van der Waals surface area contributed by atoms with E-state index in [0.717, 1.165) is 6.08 Å². The lowest BCUT2D eigenvalue weighted by atomic mass is 9.82. The summed E-state index contributed by atoms with van der Waals surface area (Å²) in [6, 6.07) is 0. The van der Waals surface area contributed by atoms with Crippen LogP contribution in [0.2, 0.25) is 0 Å². The third kappa shape index (κ3) is 2.55. The van der Waals surface area contributed by atoms with Crippen LogP contribution in [0.1, 0.15) is 19.3 Å². The lowest BCUT2D eigenvalue weighted by Gasteiger charge is -2.31. The summed E-state index contributed by atoms with van der Waals surface area (Å²) in [6.45, 7) is 3.50. The molecule has 8 nitrogen and oxygen atoms in total. The molecule has 0 aromatic carbocycles. The predicted octanol–water partition coefficient (Wildman–Crippen LogP) is 0.171. The molecule has 2 bridgehead atoms. The largest absolute Gasteiger partial charge is 0.469 e. The molecule has 5 atom stereocenters. The van der Waals surface area contributed by atoms with E-state index in [1.165, 1.54) is 7.11 Å². The number of fused-ring (bicyclic) bond motifs is 1. The van der Waals surface area contributed by atoms with Crippen molar-refractivity contribution in [2.24, 2.45) is 11.8 Å². The fourth-order valence-corrected chi connectivity index (χ4v) is 6.32. The lowest BCUT2D eigenvalue weighted by Crippen LogP contribution is -2.45. The number of hydrogen-bond donors (Lipinski definition) is 0. The first kappa shape index (κ1) is 17.4. The second kappa shape index (κ2) is 6.12. The molecule has 9 heteroatoms. The Kier molecular flexibility index (Phi) is 4.43. The molecule has 24 heavy (non-hydrogen) atoms.